The van der Waals surface area contributed by atoms with E-state index < -0.39 is 0 Å². The number of nitrogens with two attached hydrogens (primary N) is 1. The molecule has 0 amide bonds. The first-order valence-corrected chi connectivity index (χ1v) is 7.38. The quantitative estimate of drug-likeness (QED) is 0.812. The minimum Gasteiger partial charge on any atom is -0.327 e. The van der Waals surface area contributed by atoms with E-state index in [9.17, 15) is 0 Å². The van der Waals surface area contributed by atoms with Gasteiger partial charge >= 0.3 is 0 Å². The molecule has 0 aromatic carbocycles. The topological polar surface area (TPSA) is 38.9 Å². The van der Waals surface area contributed by atoms with Gasteiger partial charge in [-0.05, 0) is 40.9 Å². The summed E-state index contributed by atoms with van der Waals surface area (Å²) in [5, 5.41) is 1.52. The standard InChI is InChI=1S/C12H19BrN2S/c1-3-5-10(14)11(4-2)16-12-7-6-9(13)8-15-12/h6-8,10-11H,3-5,14H2,1-2H3. The molecule has 0 spiro atoms. The van der Waals surface area contributed by atoms with Crippen LogP contribution >= 0.6 is 27.7 Å². The molecule has 1 aromatic rings. The summed E-state index contributed by atoms with van der Waals surface area (Å²) < 4.78 is 1.02. The van der Waals surface area contributed by atoms with Gasteiger partial charge in [0, 0.05) is 22.0 Å². The van der Waals surface area contributed by atoms with E-state index in [1.165, 1.54) is 0 Å². The van der Waals surface area contributed by atoms with E-state index in [1.807, 2.05) is 18.3 Å². The number of hydrogen-bond acceptors (Lipinski definition) is 3. The number of hydrogen-bond donors (Lipinski definition) is 1. The maximum atomic E-state index is 6.16. The highest BCUT2D eigenvalue weighted by molar-refractivity contribution is 9.10. The van der Waals surface area contributed by atoms with Gasteiger partial charge in [-0.3, -0.25) is 0 Å². The molecule has 0 aliphatic heterocycles. The van der Waals surface area contributed by atoms with Crippen LogP contribution in [0, 0.1) is 0 Å². The number of pyridine rings is 1. The maximum Gasteiger partial charge on any atom is 0.0963 e. The number of nitrogens with zero attached hydrogens (tertiary/aromatic N) is 1. The van der Waals surface area contributed by atoms with Gasteiger partial charge in [0.15, 0.2) is 0 Å². The van der Waals surface area contributed by atoms with E-state index in [4.69, 9.17) is 5.73 Å². The van der Waals surface area contributed by atoms with Crippen molar-refractivity contribution < 1.29 is 0 Å². The summed E-state index contributed by atoms with van der Waals surface area (Å²) in [6.45, 7) is 4.36. The van der Waals surface area contributed by atoms with Gasteiger partial charge in [-0.1, -0.05) is 20.3 Å². The Kier molecular flexibility index (Phi) is 6.39. The lowest BCUT2D eigenvalue weighted by Crippen LogP contribution is -2.31. The van der Waals surface area contributed by atoms with Crippen molar-refractivity contribution in [3.05, 3.63) is 22.8 Å². The van der Waals surface area contributed by atoms with Gasteiger partial charge < -0.3 is 5.73 Å². The largest absolute Gasteiger partial charge is 0.327 e. The molecule has 0 aliphatic rings. The average Bonchev–Trinajstić information content (AvgIpc) is 2.28. The minimum atomic E-state index is 0.269. The predicted octanol–water partition coefficient (Wildman–Crippen LogP) is 3.84. The normalized spacial score (nSPS) is 14.8. The fourth-order valence-electron chi connectivity index (χ4n) is 1.58. The second-order valence-electron chi connectivity index (χ2n) is 3.83. The molecule has 2 unspecified atom stereocenters. The number of thioether (sulfide) groups is 1. The first kappa shape index (κ1) is 14.0. The van der Waals surface area contributed by atoms with Crippen molar-refractivity contribution in [3.8, 4) is 0 Å². The molecule has 1 rings (SSSR count). The molecule has 4 heteroatoms. The Balaban J connectivity index is 2.59. The fraction of sp³-hybridized carbons (Fsp3) is 0.583. The lowest BCUT2D eigenvalue weighted by Gasteiger charge is -2.21. The molecule has 0 fully saturated rings. The summed E-state index contributed by atoms with van der Waals surface area (Å²) in [6.07, 6.45) is 5.15. The molecule has 0 aliphatic carbocycles. The molecule has 0 saturated heterocycles. The van der Waals surface area contributed by atoms with Crippen LogP contribution in [0.15, 0.2) is 27.8 Å². The smallest absolute Gasteiger partial charge is 0.0963 e. The van der Waals surface area contributed by atoms with Crippen LogP contribution in [0.2, 0.25) is 0 Å². The van der Waals surface area contributed by atoms with Crippen molar-refractivity contribution in [3.63, 3.8) is 0 Å². The van der Waals surface area contributed by atoms with Crippen LogP contribution in [0.25, 0.3) is 0 Å². The molecule has 2 N–H and O–H groups in total. The van der Waals surface area contributed by atoms with Crippen LogP contribution in [0.3, 0.4) is 0 Å². The molecule has 1 heterocycles. The van der Waals surface area contributed by atoms with Gasteiger partial charge in [-0.25, -0.2) is 4.98 Å². The van der Waals surface area contributed by atoms with Crippen molar-refractivity contribution in [2.75, 3.05) is 0 Å². The van der Waals surface area contributed by atoms with E-state index in [1.54, 1.807) is 11.8 Å². The Labute approximate surface area is 111 Å². The molecule has 0 saturated carbocycles. The molecule has 1 aromatic heterocycles. The lowest BCUT2D eigenvalue weighted by atomic mass is 10.1. The van der Waals surface area contributed by atoms with Crippen LogP contribution < -0.4 is 5.73 Å². The zero-order chi connectivity index (χ0) is 12.0. The SMILES string of the molecule is CCCC(N)C(CC)Sc1ccc(Br)cn1. The molecular weight excluding hydrogens is 284 g/mol. The molecule has 2 nitrogen and oxygen atoms in total. The van der Waals surface area contributed by atoms with Crippen LogP contribution in [0.4, 0.5) is 0 Å². The summed E-state index contributed by atoms with van der Waals surface area (Å²) in [5.74, 6) is 0. The van der Waals surface area contributed by atoms with Crippen LogP contribution in [-0.4, -0.2) is 16.3 Å². The second kappa shape index (κ2) is 7.30. The van der Waals surface area contributed by atoms with Crippen molar-refractivity contribution in [2.24, 2.45) is 5.73 Å². The summed E-state index contributed by atoms with van der Waals surface area (Å²) in [4.78, 5) is 4.37. The third-order valence-corrected chi connectivity index (χ3v) is 4.41. The van der Waals surface area contributed by atoms with Gasteiger partial charge in [0.25, 0.3) is 0 Å². The Morgan fingerprint density at radius 2 is 2.19 bits per heavy atom. The highest BCUT2D eigenvalue weighted by atomic mass is 79.9. The summed E-state index contributed by atoms with van der Waals surface area (Å²) in [6, 6.07) is 4.33. The van der Waals surface area contributed by atoms with Gasteiger partial charge in [0.1, 0.15) is 0 Å². The maximum absolute atomic E-state index is 6.16. The van der Waals surface area contributed by atoms with Gasteiger partial charge in [0.05, 0.1) is 5.03 Å². The summed E-state index contributed by atoms with van der Waals surface area (Å²) >= 11 is 5.17. The predicted molar refractivity (Wildman–Crippen MR) is 74.8 cm³/mol. The summed E-state index contributed by atoms with van der Waals surface area (Å²) in [7, 11) is 0. The van der Waals surface area contributed by atoms with Crippen molar-refractivity contribution >= 4 is 27.7 Å². The number of aromatic nitrogens is 1. The summed E-state index contributed by atoms with van der Waals surface area (Å²) in [5.41, 5.74) is 6.16. The Morgan fingerprint density at radius 1 is 1.44 bits per heavy atom. The molecule has 0 radical (unpaired) electrons. The van der Waals surface area contributed by atoms with E-state index in [-0.39, 0.29) is 6.04 Å². The third kappa shape index (κ3) is 4.44. The van der Waals surface area contributed by atoms with E-state index in [0.29, 0.717) is 5.25 Å². The lowest BCUT2D eigenvalue weighted by molar-refractivity contribution is 0.566. The van der Waals surface area contributed by atoms with E-state index in [2.05, 4.69) is 34.8 Å². The number of rotatable bonds is 6. The molecule has 0 bridgehead atoms. The fourth-order valence-corrected chi connectivity index (χ4v) is 2.86. The molecule has 16 heavy (non-hydrogen) atoms. The van der Waals surface area contributed by atoms with E-state index in [0.717, 1.165) is 28.8 Å². The average molecular weight is 303 g/mol. The first-order chi connectivity index (χ1) is 7.67. The molecule has 2 atom stereocenters. The van der Waals surface area contributed by atoms with Crippen molar-refractivity contribution in [1.82, 2.24) is 4.98 Å². The van der Waals surface area contributed by atoms with E-state index >= 15 is 0 Å². The first-order valence-electron chi connectivity index (χ1n) is 5.71. The van der Waals surface area contributed by atoms with Gasteiger partial charge in [0.2, 0.25) is 0 Å². The number of halogens is 1. The zero-order valence-electron chi connectivity index (χ0n) is 9.82. The Hall–Kier alpha value is -0.0600. The van der Waals surface area contributed by atoms with Crippen molar-refractivity contribution in [2.45, 2.75) is 49.4 Å². The molecule has 90 valence electrons. The monoisotopic (exact) mass is 302 g/mol. The van der Waals surface area contributed by atoms with Gasteiger partial charge in [-0.2, -0.15) is 0 Å². The Morgan fingerprint density at radius 3 is 2.69 bits per heavy atom. The zero-order valence-corrected chi connectivity index (χ0v) is 12.2. The second-order valence-corrected chi connectivity index (χ2v) is 6.01. The van der Waals surface area contributed by atoms with Crippen molar-refractivity contribution in [1.29, 1.82) is 0 Å². The van der Waals surface area contributed by atoms with Crippen LogP contribution in [0.5, 0.6) is 0 Å². The highest BCUT2D eigenvalue weighted by Crippen LogP contribution is 2.27. The Bertz CT molecular complexity index is 302. The van der Waals surface area contributed by atoms with Crippen LogP contribution in [-0.2, 0) is 0 Å². The highest BCUT2D eigenvalue weighted by Gasteiger charge is 2.16. The van der Waals surface area contributed by atoms with Gasteiger partial charge in [-0.15, -0.1) is 11.8 Å². The van der Waals surface area contributed by atoms with Crippen LogP contribution in [0.1, 0.15) is 33.1 Å². The third-order valence-electron chi connectivity index (χ3n) is 2.47. The molecular formula is C12H19BrN2S. The minimum absolute atomic E-state index is 0.269.